The molecule has 0 spiro atoms. The summed E-state index contributed by atoms with van der Waals surface area (Å²) >= 11 is 0. The number of hydrogen-bond donors (Lipinski definition) is 2. The summed E-state index contributed by atoms with van der Waals surface area (Å²) in [5, 5.41) is 10.1. The summed E-state index contributed by atoms with van der Waals surface area (Å²) in [6.07, 6.45) is 4.58. The van der Waals surface area contributed by atoms with Gasteiger partial charge in [-0.2, -0.15) is 5.10 Å². The summed E-state index contributed by atoms with van der Waals surface area (Å²) in [4.78, 5) is 17.4. The number of carbonyl (C=O) groups excluding carboxylic acids is 1. The lowest BCUT2D eigenvalue weighted by atomic mass is 10.1. The topological polar surface area (TPSA) is 70.1 Å². The van der Waals surface area contributed by atoms with Crippen LogP contribution < -0.4 is 5.32 Å². The van der Waals surface area contributed by atoms with Gasteiger partial charge < -0.3 is 5.32 Å². The third-order valence-corrected chi connectivity index (χ3v) is 5.14. The maximum Gasteiger partial charge on any atom is 0.256 e. The van der Waals surface area contributed by atoms with Crippen LogP contribution in [0.5, 0.6) is 0 Å². The number of benzene rings is 2. The summed E-state index contributed by atoms with van der Waals surface area (Å²) in [6.45, 7) is 0. The first-order chi connectivity index (χ1) is 14.6. The highest BCUT2D eigenvalue weighted by Gasteiger charge is 2.18. The molecule has 3 aromatic rings. The molecule has 0 unspecified atom stereocenters. The highest BCUT2D eigenvalue weighted by Crippen LogP contribution is 2.22. The predicted octanol–water partition coefficient (Wildman–Crippen LogP) is 4.67. The van der Waals surface area contributed by atoms with Gasteiger partial charge in [0.25, 0.3) is 5.91 Å². The first-order valence-electron chi connectivity index (χ1n) is 10.0. The Kier molecular flexibility index (Phi) is 5.97. The van der Waals surface area contributed by atoms with E-state index >= 15 is 0 Å². The second kappa shape index (κ2) is 8.98. The lowest BCUT2D eigenvalue weighted by molar-refractivity contribution is 0.0976. The third kappa shape index (κ3) is 4.97. The summed E-state index contributed by atoms with van der Waals surface area (Å²) < 4.78 is 26.6. The van der Waals surface area contributed by atoms with Crippen LogP contribution in [0, 0.1) is 11.6 Å². The van der Waals surface area contributed by atoms with E-state index in [4.69, 9.17) is 4.99 Å². The Hall–Kier alpha value is -3.35. The molecule has 1 aromatic heterocycles. The fourth-order valence-electron chi connectivity index (χ4n) is 3.61. The van der Waals surface area contributed by atoms with Crippen molar-refractivity contribution in [2.75, 3.05) is 0 Å². The lowest BCUT2D eigenvalue weighted by Crippen LogP contribution is -2.33. The van der Waals surface area contributed by atoms with Gasteiger partial charge >= 0.3 is 0 Å². The summed E-state index contributed by atoms with van der Waals surface area (Å²) in [5.74, 6) is -0.648. The number of amides is 1. The Balaban J connectivity index is 1.53. The number of hydrogen-bond acceptors (Lipinski definition) is 3. The number of nitrogens with one attached hydrogen (secondary N) is 2. The van der Waals surface area contributed by atoms with Crippen molar-refractivity contribution < 1.29 is 13.6 Å². The van der Waals surface area contributed by atoms with Gasteiger partial charge in [-0.25, -0.2) is 8.78 Å². The van der Waals surface area contributed by atoms with Gasteiger partial charge in [-0.05, 0) is 61.4 Å². The Bertz CT molecular complexity index is 1050. The van der Waals surface area contributed by atoms with Gasteiger partial charge in [-0.15, -0.1) is 0 Å². The fraction of sp³-hybridized carbons (Fsp3) is 0.261. The molecule has 2 aromatic carbocycles. The number of carbonyl (C=O) groups is 1. The van der Waals surface area contributed by atoms with Crippen LogP contribution in [-0.4, -0.2) is 28.0 Å². The maximum absolute atomic E-state index is 13.5. The average molecular weight is 408 g/mol. The highest BCUT2D eigenvalue weighted by atomic mass is 19.1. The van der Waals surface area contributed by atoms with Gasteiger partial charge in [0.2, 0.25) is 0 Å². The zero-order valence-corrected chi connectivity index (χ0v) is 16.4. The van der Waals surface area contributed by atoms with Gasteiger partial charge in [0.15, 0.2) is 0 Å². The zero-order valence-electron chi connectivity index (χ0n) is 16.4. The summed E-state index contributed by atoms with van der Waals surface area (Å²) in [7, 11) is 0. The SMILES string of the molecule is O=C(NC(Cc1cc(-c2ccc(F)cc2)n[nH]1)=NC1CCCC1)c1cccc(F)c1. The van der Waals surface area contributed by atoms with Crippen LogP contribution in [0.3, 0.4) is 0 Å². The number of amidine groups is 1. The van der Waals surface area contributed by atoms with Crippen molar-refractivity contribution in [3.63, 3.8) is 0 Å². The highest BCUT2D eigenvalue weighted by molar-refractivity contribution is 6.06. The minimum absolute atomic E-state index is 0.173. The van der Waals surface area contributed by atoms with E-state index in [9.17, 15) is 13.6 Å². The molecule has 1 heterocycles. The molecular formula is C23H22F2N4O. The van der Waals surface area contributed by atoms with E-state index in [1.807, 2.05) is 6.07 Å². The van der Waals surface area contributed by atoms with Crippen LogP contribution >= 0.6 is 0 Å². The predicted molar refractivity (Wildman–Crippen MR) is 111 cm³/mol. The second-order valence-corrected chi connectivity index (χ2v) is 7.44. The van der Waals surface area contributed by atoms with Crippen molar-refractivity contribution in [2.24, 2.45) is 4.99 Å². The van der Waals surface area contributed by atoms with Crippen LogP contribution in [0.1, 0.15) is 41.7 Å². The minimum atomic E-state index is -0.463. The molecule has 2 N–H and O–H groups in total. The van der Waals surface area contributed by atoms with Crippen LogP contribution in [0.2, 0.25) is 0 Å². The molecule has 1 aliphatic rings. The van der Waals surface area contributed by atoms with Crippen LogP contribution in [0.25, 0.3) is 11.3 Å². The molecule has 0 radical (unpaired) electrons. The molecule has 30 heavy (non-hydrogen) atoms. The van der Waals surface area contributed by atoms with Gasteiger partial charge in [0.1, 0.15) is 17.5 Å². The molecule has 0 atom stereocenters. The first-order valence-corrected chi connectivity index (χ1v) is 10.0. The Morgan fingerprint density at radius 2 is 1.83 bits per heavy atom. The van der Waals surface area contributed by atoms with Gasteiger partial charge in [0.05, 0.1) is 11.7 Å². The van der Waals surface area contributed by atoms with Crippen molar-refractivity contribution in [3.05, 3.63) is 77.5 Å². The molecule has 0 saturated heterocycles. The lowest BCUT2D eigenvalue weighted by Gasteiger charge is -2.11. The third-order valence-electron chi connectivity index (χ3n) is 5.14. The van der Waals surface area contributed by atoms with E-state index in [0.717, 1.165) is 36.9 Å². The van der Waals surface area contributed by atoms with Gasteiger partial charge in [-0.1, -0.05) is 18.9 Å². The number of H-pyrrole nitrogens is 1. The Morgan fingerprint density at radius 3 is 2.57 bits per heavy atom. The standard InChI is InChI=1S/C23H22F2N4O/c24-17-10-8-15(9-11-17)21-13-20(28-29-21)14-22(26-19-6-1-2-7-19)27-23(30)16-4-3-5-18(25)12-16/h3-5,8-13,19H,1-2,6-7,14H2,(H,28,29)(H,26,27,30). The molecule has 154 valence electrons. The van der Waals surface area contributed by atoms with Crippen molar-refractivity contribution in [1.82, 2.24) is 15.5 Å². The number of rotatable bonds is 5. The largest absolute Gasteiger partial charge is 0.310 e. The van der Waals surface area contributed by atoms with Crippen molar-refractivity contribution in [3.8, 4) is 11.3 Å². The fourth-order valence-corrected chi connectivity index (χ4v) is 3.61. The number of halogens is 2. The van der Waals surface area contributed by atoms with E-state index < -0.39 is 11.7 Å². The normalized spacial score (nSPS) is 14.8. The van der Waals surface area contributed by atoms with Gasteiger partial charge in [0, 0.05) is 23.2 Å². The van der Waals surface area contributed by atoms with E-state index in [1.165, 1.54) is 30.3 Å². The van der Waals surface area contributed by atoms with E-state index in [0.29, 0.717) is 18.0 Å². The molecule has 7 heteroatoms. The van der Waals surface area contributed by atoms with Gasteiger partial charge in [-0.3, -0.25) is 14.9 Å². The number of aliphatic imine (C=N–C) groups is 1. The van der Waals surface area contributed by atoms with Crippen molar-refractivity contribution in [1.29, 1.82) is 0 Å². The molecule has 1 amide bonds. The maximum atomic E-state index is 13.5. The number of nitrogens with zero attached hydrogens (tertiary/aromatic N) is 2. The van der Waals surface area contributed by atoms with E-state index in [2.05, 4.69) is 15.5 Å². The Morgan fingerprint density at radius 1 is 1.07 bits per heavy atom. The second-order valence-electron chi connectivity index (χ2n) is 7.44. The molecule has 1 aliphatic carbocycles. The zero-order chi connectivity index (χ0) is 20.9. The quantitative estimate of drug-likeness (QED) is 0.476. The monoisotopic (exact) mass is 408 g/mol. The molecule has 1 saturated carbocycles. The molecule has 5 nitrogen and oxygen atoms in total. The summed E-state index contributed by atoms with van der Waals surface area (Å²) in [5.41, 5.74) is 2.48. The molecule has 4 rings (SSSR count). The van der Waals surface area contributed by atoms with Crippen LogP contribution in [0.15, 0.2) is 59.6 Å². The molecular weight excluding hydrogens is 386 g/mol. The van der Waals surface area contributed by atoms with E-state index in [-0.39, 0.29) is 17.4 Å². The smallest absolute Gasteiger partial charge is 0.256 e. The van der Waals surface area contributed by atoms with Crippen LogP contribution in [0.4, 0.5) is 8.78 Å². The first kappa shape index (κ1) is 19.9. The molecule has 0 bridgehead atoms. The van der Waals surface area contributed by atoms with Crippen molar-refractivity contribution in [2.45, 2.75) is 38.1 Å². The summed E-state index contributed by atoms with van der Waals surface area (Å²) in [6, 6.07) is 13.7. The van der Waals surface area contributed by atoms with Crippen molar-refractivity contribution >= 4 is 11.7 Å². The molecule has 0 aliphatic heterocycles. The van der Waals surface area contributed by atoms with E-state index in [1.54, 1.807) is 18.2 Å². The average Bonchev–Trinajstić information content (AvgIpc) is 3.41. The molecule has 1 fully saturated rings. The van der Waals surface area contributed by atoms with Crippen LogP contribution in [-0.2, 0) is 6.42 Å². The Labute approximate surface area is 173 Å². The number of aromatic nitrogens is 2. The minimum Gasteiger partial charge on any atom is -0.310 e. The number of aromatic amines is 1.